The van der Waals surface area contributed by atoms with Crippen LogP contribution in [0.1, 0.15) is 17.2 Å². The number of aliphatic carboxylic acids is 1. The van der Waals surface area contributed by atoms with E-state index in [-0.39, 0.29) is 12.1 Å². The largest absolute Gasteiger partial charge is 0.495 e. The highest BCUT2D eigenvalue weighted by molar-refractivity contribution is 6.24. The maximum atomic E-state index is 13.9. The molecule has 0 spiro atoms. The fourth-order valence-corrected chi connectivity index (χ4v) is 5.36. The summed E-state index contributed by atoms with van der Waals surface area (Å²) in [6.45, 7) is 0. The van der Waals surface area contributed by atoms with E-state index in [1.165, 1.54) is 31.4 Å². The molecule has 0 bridgehead atoms. The van der Waals surface area contributed by atoms with E-state index in [2.05, 4.69) is 5.32 Å². The minimum atomic E-state index is -1.76. The Kier molecular flexibility index (Phi) is 5.61. The maximum absolute atomic E-state index is 13.9. The van der Waals surface area contributed by atoms with Crippen LogP contribution >= 0.6 is 0 Å². The Morgan fingerprint density at radius 1 is 1.00 bits per heavy atom. The van der Waals surface area contributed by atoms with Crippen molar-refractivity contribution < 1.29 is 28.6 Å². The van der Waals surface area contributed by atoms with Crippen molar-refractivity contribution in [2.45, 2.75) is 18.0 Å². The van der Waals surface area contributed by atoms with Crippen LogP contribution in [-0.2, 0) is 20.8 Å². The van der Waals surface area contributed by atoms with Gasteiger partial charge in [0.1, 0.15) is 17.1 Å². The van der Waals surface area contributed by atoms with E-state index in [9.17, 15) is 23.9 Å². The number of hydrogen-bond acceptors (Lipinski definition) is 5. The van der Waals surface area contributed by atoms with E-state index in [0.29, 0.717) is 16.9 Å². The Labute approximate surface area is 201 Å². The summed E-state index contributed by atoms with van der Waals surface area (Å²) in [7, 11) is 1.44. The smallest absolute Gasteiger partial charge is 0.325 e. The van der Waals surface area contributed by atoms with Crippen LogP contribution in [0.4, 0.5) is 10.1 Å². The quantitative estimate of drug-likeness (QED) is 0.532. The Morgan fingerprint density at radius 3 is 2.31 bits per heavy atom. The van der Waals surface area contributed by atoms with Gasteiger partial charge in [-0.1, -0.05) is 54.6 Å². The fraction of sp³-hybridized carbons (Fsp3) is 0.222. The zero-order chi connectivity index (χ0) is 24.7. The highest BCUT2D eigenvalue weighted by atomic mass is 19.1. The molecule has 3 aromatic carbocycles. The summed E-state index contributed by atoms with van der Waals surface area (Å²) in [6, 6.07) is 20.3. The predicted octanol–water partition coefficient (Wildman–Crippen LogP) is 3.35. The summed E-state index contributed by atoms with van der Waals surface area (Å²) in [5, 5.41) is 13.6. The molecule has 5 rings (SSSR count). The Bertz CT molecular complexity index is 1300. The van der Waals surface area contributed by atoms with Crippen LogP contribution in [0.3, 0.4) is 0 Å². The van der Waals surface area contributed by atoms with Crippen molar-refractivity contribution in [1.82, 2.24) is 5.32 Å². The summed E-state index contributed by atoms with van der Waals surface area (Å²) < 4.78 is 19.0. The minimum Gasteiger partial charge on any atom is -0.495 e. The van der Waals surface area contributed by atoms with Gasteiger partial charge in [0, 0.05) is 12.5 Å². The lowest BCUT2D eigenvalue weighted by atomic mass is 9.76. The third kappa shape index (κ3) is 3.57. The number of para-hydroxylation sites is 2. The summed E-state index contributed by atoms with van der Waals surface area (Å²) in [4.78, 5) is 41.6. The van der Waals surface area contributed by atoms with Crippen molar-refractivity contribution in [3.05, 3.63) is 95.8 Å². The van der Waals surface area contributed by atoms with Crippen molar-refractivity contribution in [2.75, 3.05) is 12.0 Å². The van der Waals surface area contributed by atoms with Crippen LogP contribution in [0.25, 0.3) is 0 Å². The molecule has 4 atom stereocenters. The zero-order valence-electron chi connectivity index (χ0n) is 18.9. The first-order valence-electron chi connectivity index (χ1n) is 11.2. The number of methoxy groups -OCH3 is 1. The Hall–Kier alpha value is -4.04. The van der Waals surface area contributed by atoms with E-state index in [1.54, 1.807) is 48.5 Å². The van der Waals surface area contributed by atoms with Crippen LogP contribution < -0.4 is 15.0 Å². The van der Waals surface area contributed by atoms with Gasteiger partial charge in [-0.25, -0.2) is 9.29 Å². The van der Waals surface area contributed by atoms with Gasteiger partial charge in [0.2, 0.25) is 11.8 Å². The van der Waals surface area contributed by atoms with E-state index >= 15 is 0 Å². The number of carbonyl (C=O) groups is 3. The second-order valence-corrected chi connectivity index (χ2v) is 8.80. The zero-order valence-corrected chi connectivity index (χ0v) is 18.9. The summed E-state index contributed by atoms with van der Waals surface area (Å²) in [6.07, 6.45) is -0.0131. The summed E-state index contributed by atoms with van der Waals surface area (Å²) >= 11 is 0. The molecule has 0 aromatic heterocycles. The first kappa shape index (κ1) is 22.7. The summed E-state index contributed by atoms with van der Waals surface area (Å²) in [5.74, 6) is -4.69. The Morgan fingerprint density at radius 2 is 1.66 bits per heavy atom. The predicted molar refractivity (Wildman–Crippen MR) is 125 cm³/mol. The highest BCUT2D eigenvalue weighted by Gasteiger charge is 2.68. The van der Waals surface area contributed by atoms with Gasteiger partial charge < -0.3 is 9.84 Å². The number of benzene rings is 3. The molecule has 2 aliphatic rings. The average molecular weight is 474 g/mol. The van der Waals surface area contributed by atoms with Crippen molar-refractivity contribution >= 4 is 23.5 Å². The van der Waals surface area contributed by atoms with Crippen molar-refractivity contribution in [2.24, 2.45) is 11.8 Å². The lowest BCUT2D eigenvalue weighted by Gasteiger charge is -2.31. The molecule has 35 heavy (non-hydrogen) atoms. The van der Waals surface area contributed by atoms with Crippen LogP contribution in [0.5, 0.6) is 5.75 Å². The number of fused-ring (bicyclic) bond motifs is 1. The minimum absolute atomic E-state index is 0.0131. The number of amides is 2. The molecule has 7 nitrogen and oxygen atoms in total. The topological polar surface area (TPSA) is 95.9 Å². The van der Waals surface area contributed by atoms with E-state index in [4.69, 9.17) is 4.74 Å². The average Bonchev–Trinajstić information content (AvgIpc) is 3.34. The molecule has 8 heteroatoms. The number of carboxylic acid groups (broad SMARTS) is 1. The maximum Gasteiger partial charge on any atom is 0.325 e. The molecule has 178 valence electrons. The monoisotopic (exact) mass is 474 g/mol. The van der Waals surface area contributed by atoms with Gasteiger partial charge in [0.05, 0.1) is 24.6 Å². The van der Waals surface area contributed by atoms with Crippen LogP contribution in [0.2, 0.25) is 0 Å². The SMILES string of the molecule is COc1ccccc1N1C(=O)C2C(c3ccc(F)cc3)NC(Cc3ccccc3)(C(=O)O)C2C1=O. The van der Waals surface area contributed by atoms with Gasteiger partial charge in [0.25, 0.3) is 0 Å². The fourth-order valence-electron chi connectivity index (χ4n) is 5.36. The first-order chi connectivity index (χ1) is 16.9. The number of carbonyl (C=O) groups excluding carboxylic acids is 2. The van der Waals surface area contributed by atoms with Crippen molar-refractivity contribution in [3.8, 4) is 5.75 Å². The molecule has 2 N–H and O–H groups in total. The molecule has 0 aliphatic carbocycles. The second kappa shape index (κ2) is 8.63. The molecule has 4 unspecified atom stereocenters. The first-order valence-corrected chi connectivity index (χ1v) is 11.2. The van der Waals surface area contributed by atoms with Crippen LogP contribution in [-0.4, -0.2) is 35.5 Å². The molecule has 0 saturated carbocycles. The van der Waals surface area contributed by atoms with Gasteiger partial charge >= 0.3 is 5.97 Å². The second-order valence-electron chi connectivity index (χ2n) is 8.80. The third-order valence-corrected chi connectivity index (χ3v) is 6.92. The van der Waals surface area contributed by atoms with Gasteiger partial charge in [0.15, 0.2) is 0 Å². The number of halogens is 1. The number of nitrogens with one attached hydrogen (secondary N) is 1. The molecular formula is C27H23FN2O5. The molecule has 2 saturated heterocycles. The standard InChI is InChI=1S/C27H23FN2O5/c1-35-20-10-6-5-9-19(20)30-24(31)21-22(25(30)32)27(26(33)34,15-16-7-3-2-4-8-16)29-23(21)17-11-13-18(28)14-12-17/h2-14,21-23,29H,15H2,1H3,(H,33,34). The highest BCUT2D eigenvalue weighted by Crippen LogP contribution is 2.51. The van der Waals surface area contributed by atoms with Gasteiger partial charge in [-0.15, -0.1) is 0 Å². The molecule has 2 heterocycles. The Balaban J connectivity index is 1.67. The lowest BCUT2D eigenvalue weighted by Crippen LogP contribution is -2.57. The number of rotatable bonds is 6. The number of imide groups is 1. The van der Waals surface area contributed by atoms with Gasteiger partial charge in [-0.05, 0) is 35.4 Å². The molecule has 2 fully saturated rings. The van der Waals surface area contributed by atoms with E-state index in [1.807, 2.05) is 6.07 Å². The normalized spacial score (nSPS) is 25.5. The van der Waals surface area contributed by atoms with Crippen molar-refractivity contribution in [1.29, 1.82) is 0 Å². The molecule has 2 aliphatic heterocycles. The van der Waals surface area contributed by atoms with Crippen LogP contribution in [0.15, 0.2) is 78.9 Å². The van der Waals surface area contributed by atoms with E-state index < -0.39 is 47.0 Å². The number of hydrogen-bond donors (Lipinski definition) is 2. The molecule has 3 aromatic rings. The van der Waals surface area contributed by atoms with Gasteiger partial charge in [-0.2, -0.15) is 0 Å². The number of anilines is 1. The van der Waals surface area contributed by atoms with E-state index in [0.717, 1.165) is 4.90 Å². The molecule has 0 radical (unpaired) electrons. The molecule has 2 amide bonds. The van der Waals surface area contributed by atoms with Crippen molar-refractivity contribution in [3.63, 3.8) is 0 Å². The summed E-state index contributed by atoms with van der Waals surface area (Å²) in [5.41, 5.74) is -0.261. The lowest BCUT2D eigenvalue weighted by molar-refractivity contribution is -0.148. The number of nitrogens with zero attached hydrogens (tertiary/aromatic N) is 1. The molecular weight excluding hydrogens is 451 g/mol. The van der Waals surface area contributed by atoms with Gasteiger partial charge in [-0.3, -0.25) is 19.7 Å². The number of carboxylic acids is 1. The van der Waals surface area contributed by atoms with Crippen LogP contribution in [0, 0.1) is 17.7 Å². The third-order valence-electron chi connectivity index (χ3n) is 6.92. The number of ether oxygens (including phenoxy) is 1.